The van der Waals surface area contributed by atoms with Crippen LogP contribution < -0.4 is 5.73 Å². The van der Waals surface area contributed by atoms with Gasteiger partial charge in [0.25, 0.3) is 5.91 Å². The quantitative estimate of drug-likeness (QED) is 0.818. The van der Waals surface area contributed by atoms with E-state index in [0.717, 1.165) is 0 Å². The van der Waals surface area contributed by atoms with E-state index in [0.29, 0.717) is 0 Å². The number of nitrogens with two attached hydrogens (primary N) is 1. The lowest BCUT2D eigenvalue weighted by Gasteiger charge is -2.25. The lowest BCUT2D eigenvalue weighted by atomic mass is 10.2. The van der Waals surface area contributed by atoms with E-state index in [1.54, 1.807) is 26.0 Å². The molecule has 0 radical (unpaired) electrons. The highest BCUT2D eigenvalue weighted by Crippen LogP contribution is 2.15. The fourth-order valence-electron chi connectivity index (χ4n) is 1.36. The predicted octanol–water partition coefficient (Wildman–Crippen LogP) is 1.07. The van der Waals surface area contributed by atoms with E-state index in [1.165, 1.54) is 11.1 Å². The van der Waals surface area contributed by atoms with E-state index in [4.69, 9.17) is 17.3 Å². The van der Waals surface area contributed by atoms with Crippen LogP contribution in [-0.4, -0.2) is 34.3 Å². The number of rotatable bonds is 4. The Balaban J connectivity index is 3.00. The third-order valence-corrected chi connectivity index (χ3v) is 2.50. The van der Waals surface area contributed by atoms with Crippen molar-refractivity contribution in [2.75, 3.05) is 6.54 Å². The number of carbonyl (C=O) groups is 2. The van der Waals surface area contributed by atoms with E-state index in [-0.39, 0.29) is 29.2 Å². The maximum Gasteiger partial charge on any atom is 0.257 e. The largest absolute Gasteiger partial charge is 0.368 e. The highest BCUT2D eigenvalue weighted by molar-refractivity contribution is 6.32. The van der Waals surface area contributed by atoms with E-state index < -0.39 is 5.91 Å². The first-order valence-electron chi connectivity index (χ1n) is 5.13. The summed E-state index contributed by atoms with van der Waals surface area (Å²) in [5.74, 6) is -0.913. The second-order valence-corrected chi connectivity index (χ2v) is 4.19. The van der Waals surface area contributed by atoms with Gasteiger partial charge in [-0.2, -0.15) is 0 Å². The molecule has 1 rings (SSSR count). The van der Waals surface area contributed by atoms with Crippen LogP contribution in [-0.2, 0) is 4.79 Å². The molecule has 0 aliphatic heterocycles. The first-order chi connectivity index (χ1) is 7.93. The minimum atomic E-state index is -0.563. The Kier molecular flexibility index (Phi) is 4.45. The van der Waals surface area contributed by atoms with Crippen LogP contribution in [0.5, 0.6) is 0 Å². The summed E-state index contributed by atoms with van der Waals surface area (Å²) in [6, 6.07) is 3.03. The van der Waals surface area contributed by atoms with Crippen molar-refractivity contribution in [3.8, 4) is 0 Å². The summed E-state index contributed by atoms with van der Waals surface area (Å²) in [5, 5.41) is 0.118. The lowest BCUT2D eigenvalue weighted by Crippen LogP contribution is -2.42. The van der Waals surface area contributed by atoms with Gasteiger partial charge in [0.1, 0.15) is 5.15 Å². The van der Waals surface area contributed by atoms with Crippen LogP contribution in [0, 0.1) is 0 Å². The fourth-order valence-corrected chi connectivity index (χ4v) is 1.56. The van der Waals surface area contributed by atoms with Gasteiger partial charge in [-0.1, -0.05) is 11.6 Å². The number of carbonyl (C=O) groups excluding carboxylic acids is 2. The molecular formula is C11H14ClN3O2. The van der Waals surface area contributed by atoms with Crippen LogP contribution in [0.2, 0.25) is 5.15 Å². The van der Waals surface area contributed by atoms with E-state index >= 15 is 0 Å². The van der Waals surface area contributed by atoms with Gasteiger partial charge >= 0.3 is 0 Å². The average Bonchev–Trinajstić information content (AvgIpc) is 2.25. The van der Waals surface area contributed by atoms with E-state index in [1.807, 2.05) is 0 Å². The fraction of sp³-hybridized carbons (Fsp3) is 0.364. The molecule has 17 heavy (non-hydrogen) atoms. The molecule has 0 bridgehead atoms. The van der Waals surface area contributed by atoms with Crippen molar-refractivity contribution in [3.05, 3.63) is 29.0 Å². The van der Waals surface area contributed by atoms with E-state index in [2.05, 4.69) is 4.98 Å². The monoisotopic (exact) mass is 255 g/mol. The third-order valence-electron chi connectivity index (χ3n) is 2.20. The topological polar surface area (TPSA) is 76.3 Å². The molecule has 5 nitrogen and oxygen atoms in total. The summed E-state index contributed by atoms with van der Waals surface area (Å²) in [6.45, 7) is 3.46. The second kappa shape index (κ2) is 5.63. The molecule has 1 aromatic heterocycles. The number of hydrogen-bond donors (Lipinski definition) is 1. The van der Waals surface area contributed by atoms with Crippen LogP contribution in [0.15, 0.2) is 18.3 Å². The molecule has 0 spiro atoms. The van der Waals surface area contributed by atoms with Gasteiger partial charge in [0.2, 0.25) is 5.91 Å². The van der Waals surface area contributed by atoms with Gasteiger partial charge in [-0.15, -0.1) is 0 Å². The van der Waals surface area contributed by atoms with Crippen LogP contribution in [0.3, 0.4) is 0 Å². The van der Waals surface area contributed by atoms with Crippen molar-refractivity contribution in [2.45, 2.75) is 19.9 Å². The summed E-state index contributed by atoms with van der Waals surface area (Å²) in [7, 11) is 0. The van der Waals surface area contributed by atoms with Crippen molar-refractivity contribution >= 4 is 23.4 Å². The van der Waals surface area contributed by atoms with Crippen molar-refractivity contribution in [1.82, 2.24) is 9.88 Å². The van der Waals surface area contributed by atoms with Gasteiger partial charge < -0.3 is 10.6 Å². The normalized spacial score (nSPS) is 10.4. The zero-order valence-corrected chi connectivity index (χ0v) is 10.4. The smallest absolute Gasteiger partial charge is 0.257 e. The molecule has 0 aromatic carbocycles. The summed E-state index contributed by atoms with van der Waals surface area (Å²) in [4.78, 5) is 28.2. The molecular weight excluding hydrogens is 242 g/mol. The molecule has 0 aliphatic carbocycles. The van der Waals surface area contributed by atoms with Gasteiger partial charge in [-0.25, -0.2) is 4.98 Å². The van der Waals surface area contributed by atoms with Crippen LogP contribution >= 0.6 is 11.6 Å². The number of aromatic nitrogens is 1. The molecule has 0 aliphatic rings. The summed E-state index contributed by atoms with van der Waals surface area (Å²) in [5.41, 5.74) is 5.37. The molecule has 1 heterocycles. The maximum atomic E-state index is 12.1. The van der Waals surface area contributed by atoms with Gasteiger partial charge in [0.05, 0.1) is 12.1 Å². The Morgan fingerprint density at radius 2 is 2.18 bits per heavy atom. The zero-order valence-electron chi connectivity index (χ0n) is 9.68. The molecule has 6 heteroatoms. The summed E-state index contributed by atoms with van der Waals surface area (Å²) < 4.78 is 0. The Morgan fingerprint density at radius 1 is 1.53 bits per heavy atom. The van der Waals surface area contributed by atoms with Gasteiger partial charge in [-0.05, 0) is 26.0 Å². The van der Waals surface area contributed by atoms with Gasteiger partial charge in [0.15, 0.2) is 0 Å². The van der Waals surface area contributed by atoms with Crippen molar-refractivity contribution in [2.24, 2.45) is 5.73 Å². The Morgan fingerprint density at radius 3 is 2.65 bits per heavy atom. The first kappa shape index (κ1) is 13.4. The molecule has 2 amide bonds. The molecule has 0 atom stereocenters. The third kappa shape index (κ3) is 3.42. The minimum Gasteiger partial charge on any atom is -0.368 e. The number of amides is 2. The average molecular weight is 256 g/mol. The molecule has 1 aromatic rings. The Hall–Kier alpha value is -1.62. The molecule has 2 N–H and O–H groups in total. The van der Waals surface area contributed by atoms with Crippen LogP contribution in [0.25, 0.3) is 0 Å². The predicted molar refractivity (Wildman–Crippen MR) is 64.6 cm³/mol. The number of nitrogens with zero attached hydrogens (tertiary/aromatic N) is 2. The standard InChI is InChI=1S/C11H14ClN3O2/c1-7(2)15(6-9(13)16)11(17)8-4-3-5-14-10(8)12/h3-5,7H,6H2,1-2H3,(H2,13,16). The van der Waals surface area contributed by atoms with E-state index in [9.17, 15) is 9.59 Å². The van der Waals surface area contributed by atoms with Crippen LogP contribution in [0.4, 0.5) is 0 Å². The molecule has 0 saturated carbocycles. The van der Waals surface area contributed by atoms with Gasteiger partial charge in [0, 0.05) is 12.2 Å². The lowest BCUT2D eigenvalue weighted by molar-refractivity contribution is -0.119. The molecule has 0 unspecified atom stereocenters. The number of hydrogen-bond acceptors (Lipinski definition) is 3. The van der Waals surface area contributed by atoms with Crippen molar-refractivity contribution < 1.29 is 9.59 Å². The Bertz CT molecular complexity index is 434. The maximum absolute atomic E-state index is 12.1. The van der Waals surface area contributed by atoms with Crippen LogP contribution in [0.1, 0.15) is 24.2 Å². The molecule has 92 valence electrons. The second-order valence-electron chi connectivity index (χ2n) is 3.83. The molecule has 0 fully saturated rings. The highest BCUT2D eigenvalue weighted by atomic mass is 35.5. The number of primary amides is 1. The Labute approximate surface area is 105 Å². The molecule has 0 saturated heterocycles. The van der Waals surface area contributed by atoms with Gasteiger partial charge in [-0.3, -0.25) is 9.59 Å². The SMILES string of the molecule is CC(C)N(CC(N)=O)C(=O)c1cccnc1Cl. The minimum absolute atomic E-state index is 0.118. The number of pyridine rings is 1. The summed E-state index contributed by atoms with van der Waals surface area (Å²) in [6.07, 6.45) is 1.49. The van der Waals surface area contributed by atoms with Crippen molar-refractivity contribution in [3.63, 3.8) is 0 Å². The first-order valence-corrected chi connectivity index (χ1v) is 5.51. The van der Waals surface area contributed by atoms with Crippen molar-refractivity contribution in [1.29, 1.82) is 0 Å². The number of halogens is 1. The zero-order chi connectivity index (χ0) is 13.0. The highest BCUT2D eigenvalue weighted by Gasteiger charge is 2.22. The summed E-state index contributed by atoms with van der Waals surface area (Å²) >= 11 is 5.83.